The van der Waals surface area contributed by atoms with E-state index in [-0.39, 0.29) is 5.82 Å². The largest absolute Gasteiger partial charge is 0.360 e. The van der Waals surface area contributed by atoms with Gasteiger partial charge in [-0.1, -0.05) is 12.1 Å². The van der Waals surface area contributed by atoms with E-state index in [9.17, 15) is 4.39 Å². The molecule has 1 N–H and O–H groups in total. The molecule has 3 heterocycles. The number of hydrogen-bond donors (Lipinski definition) is 1. The first-order chi connectivity index (χ1) is 11.2. The lowest BCUT2D eigenvalue weighted by Gasteiger charge is -2.27. The maximum atomic E-state index is 13.3. The molecule has 0 saturated heterocycles. The van der Waals surface area contributed by atoms with Crippen LogP contribution in [-0.4, -0.2) is 23.1 Å². The Morgan fingerprint density at radius 3 is 2.91 bits per heavy atom. The Kier molecular flexibility index (Phi) is 3.37. The number of benzene rings is 1. The molecule has 4 rings (SSSR count). The third kappa shape index (κ3) is 2.61. The second kappa shape index (κ2) is 5.54. The number of aromatic amines is 1. The van der Waals surface area contributed by atoms with Crippen molar-refractivity contribution in [1.29, 1.82) is 0 Å². The summed E-state index contributed by atoms with van der Waals surface area (Å²) in [6.07, 6.45) is 5.19. The summed E-state index contributed by atoms with van der Waals surface area (Å²) < 4.78 is 13.3. The maximum Gasteiger partial charge on any atom is 0.129 e. The van der Waals surface area contributed by atoms with Crippen LogP contribution in [0.2, 0.25) is 0 Å². The van der Waals surface area contributed by atoms with Crippen molar-refractivity contribution in [1.82, 2.24) is 9.97 Å². The number of rotatable bonds is 2. The topological polar surface area (TPSA) is 31.9 Å². The second-order valence-corrected chi connectivity index (χ2v) is 5.95. The van der Waals surface area contributed by atoms with Gasteiger partial charge >= 0.3 is 0 Å². The highest BCUT2D eigenvalue weighted by Gasteiger charge is 2.16. The van der Waals surface area contributed by atoms with Crippen molar-refractivity contribution in [3.05, 3.63) is 65.7 Å². The fourth-order valence-corrected chi connectivity index (χ4v) is 3.19. The van der Waals surface area contributed by atoms with E-state index in [2.05, 4.69) is 27.0 Å². The fourth-order valence-electron chi connectivity index (χ4n) is 3.19. The summed E-state index contributed by atoms with van der Waals surface area (Å²) in [5.74, 6) is 0.821. The number of fused-ring (bicyclic) bond motifs is 1. The van der Waals surface area contributed by atoms with Gasteiger partial charge in [-0.2, -0.15) is 0 Å². The Labute approximate surface area is 134 Å². The molecule has 0 saturated carbocycles. The molecule has 1 aliphatic rings. The molecule has 1 aliphatic heterocycles. The zero-order valence-corrected chi connectivity index (χ0v) is 13.0. The van der Waals surface area contributed by atoms with Gasteiger partial charge < -0.3 is 9.88 Å². The van der Waals surface area contributed by atoms with E-state index in [0.29, 0.717) is 0 Å². The number of halogens is 1. The zero-order chi connectivity index (χ0) is 15.8. The third-order valence-corrected chi connectivity index (χ3v) is 4.40. The zero-order valence-electron chi connectivity index (χ0n) is 13.0. The van der Waals surface area contributed by atoms with Gasteiger partial charge in [0, 0.05) is 41.4 Å². The smallest absolute Gasteiger partial charge is 0.129 e. The highest BCUT2D eigenvalue weighted by Crippen LogP contribution is 2.30. The number of aryl methyl sites for hydroxylation is 1. The number of nitrogens with zero attached hydrogens (tertiary/aromatic N) is 2. The Morgan fingerprint density at radius 1 is 1.22 bits per heavy atom. The molecule has 0 fully saturated rings. The monoisotopic (exact) mass is 307 g/mol. The van der Waals surface area contributed by atoms with E-state index in [1.54, 1.807) is 6.07 Å². The van der Waals surface area contributed by atoms with Crippen molar-refractivity contribution >= 4 is 22.3 Å². The lowest BCUT2D eigenvalue weighted by Crippen LogP contribution is -2.29. The molecule has 1 aromatic carbocycles. The lowest BCUT2D eigenvalue weighted by molar-refractivity contribution is 0.629. The Morgan fingerprint density at radius 2 is 2.13 bits per heavy atom. The third-order valence-electron chi connectivity index (χ3n) is 4.40. The molecule has 0 spiro atoms. The SMILES string of the molecule is Cc1cccc(N2CC=C(c3c[nH]c4cc(F)ccc34)CC2)n1. The minimum atomic E-state index is -0.208. The maximum absolute atomic E-state index is 13.3. The van der Waals surface area contributed by atoms with Gasteiger partial charge in [-0.3, -0.25) is 0 Å². The van der Waals surface area contributed by atoms with E-state index < -0.39 is 0 Å². The molecule has 0 unspecified atom stereocenters. The summed E-state index contributed by atoms with van der Waals surface area (Å²) >= 11 is 0. The Bertz CT molecular complexity index is 895. The van der Waals surface area contributed by atoms with Crippen LogP contribution in [-0.2, 0) is 0 Å². The second-order valence-electron chi connectivity index (χ2n) is 5.95. The number of aromatic nitrogens is 2. The normalized spacial score (nSPS) is 15.0. The minimum Gasteiger partial charge on any atom is -0.360 e. The van der Waals surface area contributed by atoms with Gasteiger partial charge in [0.15, 0.2) is 0 Å². The highest BCUT2D eigenvalue weighted by molar-refractivity contribution is 5.93. The predicted molar refractivity (Wildman–Crippen MR) is 92.0 cm³/mol. The van der Waals surface area contributed by atoms with Gasteiger partial charge in [-0.25, -0.2) is 9.37 Å². The summed E-state index contributed by atoms with van der Waals surface area (Å²) in [7, 11) is 0. The van der Waals surface area contributed by atoms with Crippen molar-refractivity contribution in [3.63, 3.8) is 0 Å². The quantitative estimate of drug-likeness (QED) is 0.765. The van der Waals surface area contributed by atoms with Crippen LogP contribution in [0.3, 0.4) is 0 Å². The molecule has 2 aromatic heterocycles. The summed E-state index contributed by atoms with van der Waals surface area (Å²) in [5.41, 5.74) is 4.38. The number of nitrogens with one attached hydrogen (secondary N) is 1. The molecule has 116 valence electrons. The van der Waals surface area contributed by atoms with Crippen molar-refractivity contribution in [2.75, 3.05) is 18.0 Å². The predicted octanol–water partition coefficient (Wildman–Crippen LogP) is 4.30. The number of anilines is 1. The van der Waals surface area contributed by atoms with Gasteiger partial charge in [0.25, 0.3) is 0 Å². The van der Waals surface area contributed by atoms with Crippen LogP contribution in [0.15, 0.2) is 48.7 Å². The number of hydrogen-bond acceptors (Lipinski definition) is 2. The molecule has 0 aliphatic carbocycles. The van der Waals surface area contributed by atoms with Crippen LogP contribution >= 0.6 is 0 Å². The molecule has 0 atom stereocenters. The molecule has 0 radical (unpaired) electrons. The first-order valence-corrected chi connectivity index (χ1v) is 7.85. The first kappa shape index (κ1) is 14.0. The van der Waals surface area contributed by atoms with Gasteiger partial charge in [-0.05, 0) is 49.2 Å². The average molecular weight is 307 g/mol. The molecular weight excluding hydrogens is 289 g/mol. The average Bonchev–Trinajstić information content (AvgIpc) is 2.98. The Balaban J connectivity index is 1.62. The van der Waals surface area contributed by atoms with Crippen molar-refractivity contribution in [2.45, 2.75) is 13.3 Å². The summed E-state index contributed by atoms with van der Waals surface area (Å²) in [4.78, 5) is 10.0. The van der Waals surface area contributed by atoms with Crippen LogP contribution in [0.25, 0.3) is 16.5 Å². The first-order valence-electron chi connectivity index (χ1n) is 7.85. The summed E-state index contributed by atoms with van der Waals surface area (Å²) in [6, 6.07) is 11.0. The van der Waals surface area contributed by atoms with E-state index in [1.165, 1.54) is 17.2 Å². The van der Waals surface area contributed by atoms with E-state index in [4.69, 9.17) is 0 Å². The van der Waals surface area contributed by atoms with Gasteiger partial charge in [0.2, 0.25) is 0 Å². The molecule has 0 bridgehead atoms. The van der Waals surface area contributed by atoms with Gasteiger partial charge in [0.1, 0.15) is 11.6 Å². The lowest BCUT2D eigenvalue weighted by atomic mass is 9.99. The van der Waals surface area contributed by atoms with Crippen LogP contribution in [0.4, 0.5) is 10.2 Å². The van der Waals surface area contributed by atoms with Crippen LogP contribution in [0.1, 0.15) is 17.7 Å². The molecule has 3 nitrogen and oxygen atoms in total. The number of H-pyrrole nitrogens is 1. The van der Waals surface area contributed by atoms with E-state index in [1.807, 2.05) is 31.3 Å². The summed E-state index contributed by atoms with van der Waals surface area (Å²) in [5, 5.41) is 1.08. The fraction of sp³-hybridized carbons (Fsp3) is 0.211. The highest BCUT2D eigenvalue weighted by atomic mass is 19.1. The van der Waals surface area contributed by atoms with Crippen molar-refractivity contribution in [3.8, 4) is 0 Å². The molecule has 0 amide bonds. The molecular formula is C19H18FN3. The molecule has 4 heteroatoms. The van der Waals surface area contributed by atoms with Crippen LogP contribution in [0.5, 0.6) is 0 Å². The van der Waals surface area contributed by atoms with Gasteiger partial charge in [-0.15, -0.1) is 0 Å². The molecule has 23 heavy (non-hydrogen) atoms. The van der Waals surface area contributed by atoms with Crippen LogP contribution in [0, 0.1) is 12.7 Å². The van der Waals surface area contributed by atoms with Crippen molar-refractivity contribution in [2.24, 2.45) is 0 Å². The van der Waals surface area contributed by atoms with Crippen LogP contribution < -0.4 is 4.90 Å². The van der Waals surface area contributed by atoms with Gasteiger partial charge in [0.05, 0.1) is 0 Å². The summed E-state index contributed by atoms with van der Waals surface area (Å²) in [6.45, 7) is 3.80. The number of pyridine rings is 1. The van der Waals surface area contributed by atoms with E-state index in [0.717, 1.165) is 41.9 Å². The van der Waals surface area contributed by atoms with Crippen molar-refractivity contribution < 1.29 is 4.39 Å². The standard InChI is InChI=1S/C19H18FN3/c1-13-3-2-4-19(22-13)23-9-7-14(8-10-23)17-12-21-18-11-15(20)5-6-16(17)18/h2-7,11-12,21H,8-10H2,1H3. The Hall–Kier alpha value is -2.62. The van der Waals surface area contributed by atoms with E-state index >= 15 is 0 Å². The minimum absolute atomic E-state index is 0.208. The molecule has 3 aromatic rings.